The predicted molar refractivity (Wildman–Crippen MR) is 103 cm³/mol. The van der Waals surface area contributed by atoms with Gasteiger partial charge in [-0.25, -0.2) is 17.6 Å². The van der Waals surface area contributed by atoms with Crippen LogP contribution in [-0.2, 0) is 26.6 Å². The molecule has 1 aromatic heterocycles. The number of hydrogen-bond donors (Lipinski definition) is 1. The smallest absolute Gasteiger partial charge is 0.354 e. The van der Waals surface area contributed by atoms with Crippen molar-refractivity contribution in [2.45, 2.75) is 30.7 Å². The number of carbonyl (C=O) groups is 2. The van der Waals surface area contributed by atoms with Gasteiger partial charge < -0.3 is 14.6 Å². The minimum Gasteiger partial charge on any atom is -0.461 e. The van der Waals surface area contributed by atoms with Crippen LogP contribution in [0.15, 0.2) is 41.4 Å². The summed E-state index contributed by atoms with van der Waals surface area (Å²) in [5.41, 5.74) is 0.488. The number of aryl methyl sites for hydroxylation is 1. The molecule has 0 bridgehead atoms. The van der Waals surface area contributed by atoms with Gasteiger partial charge in [0.2, 0.25) is 15.9 Å². The van der Waals surface area contributed by atoms with Crippen molar-refractivity contribution in [2.24, 2.45) is 7.05 Å². The van der Waals surface area contributed by atoms with Gasteiger partial charge in [0.1, 0.15) is 22.4 Å². The summed E-state index contributed by atoms with van der Waals surface area (Å²) in [4.78, 5) is 24.6. The highest BCUT2D eigenvalue weighted by molar-refractivity contribution is 7.89. The number of amides is 1. The molecular formula is C19H22FN3O5S. The lowest BCUT2D eigenvalue weighted by molar-refractivity contribution is -0.119. The number of nitrogens with zero attached hydrogens (tertiary/aromatic N) is 2. The molecule has 0 radical (unpaired) electrons. The number of ether oxygens (including phenoxy) is 1. The highest BCUT2D eigenvalue weighted by Crippen LogP contribution is 2.28. The monoisotopic (exact) mass is 423 g/mol. The molecule has 29 heavy (non-hydrogen) atoms. The molecule has 1 aliphatic rings. The molecule has 156 valence electrons. The summed E-state index contributed by atoms with van der Waals surface area (Å²) in [5.74, 6) is -1.54. The van der Waals surface area contributed by atoms with Crippen LogP contribution in [0.25, 0.3) is 0 Å². The number of sulfonamides is 1. The summed E-state index contributed by atoms with van der Waals surface area (Å²) in [6.45, 7) is 2.02. The lowest BCUT2D eigenvalue weighted by Gasteiger charge is -2.22. The maximum atomic E-state index is 13.1. The van der Waals surface area contributed by atoms with Gasteiger partial charge in [-0.2, -0.15) is 4.31 Å². The molecule has 0 aliphatic carbocycles. The molecule has 3 rings (SSSR count). The highest BCUT2D eigenvalue weighted by atomic mass is 32.2. The van der Waals surface area contributed by atoms with Crippen LogP contribution >= 0.6 is 0 Å². The molecular weight excluding hydrogens is 401 g/mol. The van der Waals surface area contributed by atoms with Gasteiger partial charge in [0, 0.05) is 25.5 Å². The van der Waals surface area contributed by atoms with Gasteiger partial charge in [-0.15, -0.1) is 0 Å². The third kappa shape index (κ3) is 4.33. The Balaban J connectivity index is 1.82. The number of rotatable bonds is 6. The molecule has 1 atom stereocenters. The fourth-order valence-corrected chi connectivity index (χ4v) is 5.00. The van der Waals surface area contributed by atoms with E-state index in [9.17, 15) is 22.4 Å². The second kappa shape index (κ2) is 8.34. The molecule has 1 amide bonds. The molecule has 1 saturated heterocycles. The van der Waals surface area contributed by atoms with E-state index in [1.54, 1.807) is 14.0 Å². The van der Waals surface area contributed by atoms with Crippen LogP contribution in [0.3, 0.4) is 0 Å². The van der Waals surface area contributed by atoms with Gasteiger partial charge in [-0.3, -0.25) is 4.79 Å². The summed E-state index contributed by atoms with van der Waals surface area (Å²) in [6.07, 6.45) is 2.22. The van der Waals surface area contributed by atoms with Gasteiger partial charge in [-0.05, 0) is 50.1 Å². The number of carbonyl (C=O) groups excluding carboxylic acids is 2. The maximum absolute atomic E-state index is 13.1. The third-order valence-corrected chi connectivity index (χ3v) is 6.56. The Kier molecular flexibility index (Phi) is 6.04. The number of nitrogens with one attached hydrogen (secondary N) is 1. The summed E-state index contributed by atoms with van der Waals surface area (Å²) in [6, 6.07) is 5.59. The van der Waals surface area contributed by atoms with E-state index in [0.29, 0.717) is 18.5 Å². The van der Waals surface area contributed by atoms with E-state index < -0.39 is 33.8 Å². The van der Waals surface area contributed by atoms with Gasteiger partial charge in [0.25, 0.3) is 0 Å². The fourth-order valence-electron chi connectivity index (χ4n) is 3.27. The Bertz CT molecular complexity index is 1020. The second-order valence-corrected chi connectivity index (χ2v) is 8.55. The quantitative estimate of drug-likeness (QED) is 0.718. The van der Waals surface area contributed by atoms with Crippen molar-refractivity contribution in [3.8, 4) is 0 Å². The molecule has 0 spiro atoms. The van der Waals surface area contributed by atoms with Crippen LogP contribution in [-0.4, -0.2) is 48.4 Å². The van der Waals surface area contributed by atoms with Crippen molar-refractivity contribution >= 4 is 27.6 Å². The van der Waals surface area contributed by atoms with E-state index >= 15 is 0 Å². The summed E-state index contributed by atoms with van der Waals surface area (Å²) >= 11 is 0. The zero-order valence-electron chi connectivity index (χ0n) is 16.1. The minimum absolute atomic E-state index is 0.0791. The summed E-state index contributed by atoms with van der Waals surface area (Å²) < 4.78 is 46.7. The van der Waals surface area contributed by atoms with E-state index in [-0.39, 0.29) is 23.7 Å². The van der Waals surface area contributed by atoms with E-state index in [4.69, 9.17) is 4.74 Å². The standard InChI is InChI=1S/C19H22FN3O5S/c1-3-28-19(25)17-11-15(12-22(17)2)29(26,27)23-10-4-5-16(23)18(24)21-14-8-6-13(20)7-9-14/h6-9,11-12,16H,3-5,10H2,1-2H3,(H,21,24). The highest BCUT2D eigenvalue weighted by Gasteiger charge is 2.40. The van der Waals surface area contributed by atoms with Gasteiger partial charge >= 0.3 is 5.97 Å². The predicted octanol–water partition coefficient (Wildman–Crippen LogP) is 2.13. The van der Waals surface area contributed by atoms with E-state index in [0.717, 1.165) is 4.31 Å². The minimum atomic E-state index is -4.00. The van der Waals surface area contributed by atoms with E-state index in [2.05, 4.69) is 5.32 Å². The number of benzene rings is 1. The molecule has 1 unspecified atom stereocenters. The van der Waals surface area contributed by atoms with E-state index in [1.807, 2.05) is 0 Å². The topological polar surface area (TPSA) is 97.7 Å². The molecule has 1 aliphatic heterocycles. The Morgan fingerprint density at radius 3 is 2.62 bits per heavy atom. The first kappa shape index (κ1) is 21.0. The second-order valence-electron chi connectivity index (χ2n) is 6.66. The van der Waals surface area contributed by atoms with Crippen molar-refractivity contribution in [1.82, 2.24) is 8.87 Å². The number of esters is 1. The number of anilines is 1. The number of aromatic nitrogens is 1. The van der Waals surface area contributed by atoms with Crippen LogP contribution in [0.4, 0.5) is 10.1 Å². The maximum Gasteiger partial charge on any atom is 0.354 e. The van der Waals surface area contributed by atoms with Crippen LogP contribution in [0.1, 0.15) is 30.3 Å². The zero-order chi connectivity index (χ0) is 21.2. The molecule has 1 aromatic carbocycles. The van der Waals surface area contributed by atoms with Gasteiger partial charge in [0.15, 0.2) is 0 Å². The zero-order valence-corrected chi connectivity index (χ0v) is 16.9. The molecule has 0 saturated carbocycles. The largest absolute Gasteiger partial charge is 0.461 e. The Labute approximate surface area is 168 Å². The SMILES string of the molecule is CCOC(=O)c1cc(S(=O)(=O)N2CCCC2C(=O)Nc2ccc(F)cc2)cn1C. The molecule has 2 heterocycles. The number of halogens is 1. The van der Waals surface area contributed by atoms with Gasteiger partial charge in [-0.1, -0.05) is 0 Å². The van der Waals surface area contributed by atoms with Crippen molar-refractivity contribution in [3.05, 3.63) is 48.0 Å². The van der Waals surface area contributed by atoms with Crippen LogP contribution in [0, 0.1) is 5.82 Å². The van der Waals surface area contributed by atoms with Crippen molar-refractivity contribution in [3.63, 3.8) is 0 Å². The van der Waals surface area contributed by atoms with Crippen molar-refractivity contribution < 1.29 is 27.1 Å². The molecule has 1 N–H and O–H groups in total. The fraction of sp³-hybridized carbons (Fsp3) is 0.368. The Hall–Kier alpha value is -2.72. The summed E-state index contributed by atoms with van der Waals surface area (Å²) in [5, 5.41) is 2.63. The first-order valence-corrected chi connectivity index (χ1v) is 10.6. The van der Waals surface area contributed by atoms with Gasteiger partial charge in [0.05, 0.1) is 6.61 Å². The average Bonchev–Trinajstić information content (AvgIpc) is 3.31. The molecule has 10 heteroatoms. The lowest BCUT2D eigenvalue weighted by atomic mass is 10.2. The van der Waals surface area contributed by atoms with Crippen molar-refractivity contribution in [2.75, 3.05) is 18.5 Å². The lowest BCUT2D eigenvalue weighted by Crippen LogP contribution is -2.43. The van der Waals surface area contributed by atoms with E-state index in [1.165, 1.54) is 41.1 Å². The van der Waals surface area contributed by atoms with Crippen LogP contribution in [0.2, 0.25) is 0 Å². The van der Waals surface area contributed by atoms with Crippen LogP contribution in [0.5, 0.6) is 0 Å². The first-order chi connectivity index (χ1) is 13.7. The summed E-state index contributed by atoms with van der Waals surface area (Å²) in [7, 11) is -2.45. The first-order valence-electron chi connectivity index (χ1n) is 9.15. The molecule has 1 fully saturated rings. The van der Waals surface area contributed by atoms with Crippen molar-refractivity contribution in [1.29, 1.82) is 0 Å². The normalized spacial score (nSPS) is 17.3. The molecule has 2 aromatic rings. The average molecular weight is 423 g/mol. The molecule has 8 nitrogen and oxygen atoms in total. The van der Waals surface area contributed by atoms with Crippen LogP contribution < -0.4 is 5.32 Å². The Morgan fingerprint density at radius 2 is 1.97 bits per heavy atom. The number of hydrogen-bond acceptors (Lipinski definition) is 5. The third-order valence-electron chi connectivity index (χ3n) is 4.69. The Morgan fingerprint density at radius 1 is 1.28 bits per heavy atom.